The average molecular weight is 412 g/mol. The fourth-order valence-electron chi connectivity index (χ4n) is 1.09. The van der Waals surface area contributed by atoms with Gasteiger partial charge in [-0.3, -0.25) is 0 Å². The minimum Gasteiger partial charge on any atom is -0.463 e. The number of unbranched alkanes of at least 4 members (excludes halogenated alkanes) is 1. The number of hydrogen-bond acceptors (Lipinski definition) is 4. The summed E-state index contributed by atoms with van der Waals surface area (Å²) in [6.07, 6.45) is 5.28. The van der Waals surface area contributed by atoms with Crippen molar-refractivity contribution in [2.75, 3.05) is 18.5 Å². The van der Waals surface area contributed by atoms with Crippen molar-refractivity contribution < 1.29 is 19.1 Å². The summed E-state index contributed by atoms with van der Waals surface area (Å²) in [6.45, 7) is 5.72. The molecule has 0 aromatic carbocycles. The second kappa shape index (κ2) is 12.1. The lowest BCUT2D eigenvalue weighted by Crippen LogP contribution is -2.08. The molecule has 6 heteroatoms. The van der Waals surface area contributed by atoms with Gasteiger partial charge in [0.05, 0.1) is 13.2 Å². The van der Waals surface area contributed by atoms with Gasteiger partial charge in [-0.05, 0) is 26.2 Å². The monoisotopic (exact) mass is 410 g/mol. The summed E-state index contributed by atoms with van der Waals surface area (Å²) in [5, 5.41) is 0.829. The number of rotatable bonds is 10. The van der Waals surface area contributed by atoms with Crippen molar-refractivity contribution in [3.05, 3.63) is 24.3 Å². The number of alkyl halides is 2. The molecule has 0 saturated carbocycles. The van der Waals surface area contributed by atoms with Crippen LogP contribution in [-0.2, 0) is 19.1 Å². The van der Waals surface area contributed by atoms with Gasteiger partial charge >= 0.3 is 11.9 Å². The van der Waals surface area contributed by atoms with Crippen molar-refractivity contribution in [2.24, 2.45) is 0 Å². The van der Waals surface area contributed by atoms with E-state index in [1.165, 1.54) is 6.08 Å². The molecule has 20 heavy (non-hydrogen) atoms. The third kappa shape index (κ3) is 11.2. The highest BCUT2D eigenvalue weighted by Crippen LogP contribution is 2.08. The molecule has 0 saturated heterocycles. The molecule has 0 aliphatic heterocycles. The van der Waals surface area contributed by atoms with Crippen molar-refractivity contribution in [3.8, 4) is 0 Å². The van der Waals surface area contributed by atoms with E-state index in [1.54, 1.807) is 13.0 Å². The Balaban J connectivity index is 3.53. The summed E-state index contributed by atoms with van der Waals surface area (Å²) in [6, 6.07) is 0. The molecule has 0 heterocycles. The van der Waals surface area contributed by atoms with Crippen molar-refractivity contribution in [1.82, 2.24) is 0 Å². The Labute approximate surface area is 136 Å². The van der Waals surface area contributed by atoms with Gasteiger partial charge in [0.25, 0.3) is 0 Å². The van der Waals surface area contributed by atoms with E-state index in [0.717, 1.165) is 11.8 Å². The molecule has 0 fully saturated rings. The quantitative estimate of drug-likeness (QED) is 0.239. The van der Waals surface area contributed by atoms with Gasteiger partial charge in [-0.2, -0.15) is 0 Å². The molecule has 1 atom stereocenters. The highest BCUT2D eigenvalue weighted by Gasteiger charge is 2.03. The van der Waals surface area contributed by atoms with Crippen molar-refractivity contribution in [3.63, 3.8) is 0 Å². The average Bonchev–Trinajstić information content (AvgIpc) is 2.41. The number of allylic oxidation sites excluding steroid dienone is 1. The fourth-order valence-corrected chi connectivity index (χ4v) is 1.57. The zero-order valence-electron chi connectivity index (χ0n) is 11.6. The Morgan fingerprint density at radius 2 is 1.85 bits per heavy atom. The van der Waals surface area contributed by atoms with E-state index in [1.807, 2.05) is 0 Å². The Hall–Kier alpha value is -0.620. The molecule has 114 valence electrons. The molecule has 1 unspecified atom stereocenters. The first kappa shape index (κ1) is 19.4. The van der Waals surface area contributed by atoms with Gasteiger partial charge in [-0.1, -0.05) is 44.5 Å². The molecule has 0 spiro atoms. The van der Waals surface area contributed by atoms with E-state index in [9.17, 15) is 9.59 Å². The van der Waals surface area contributed by atoms with Crippen LogP contribution in [0.3, 0.4) is 0 Å². The zero-order valence-corrected chi connectivity index (χ0v) is 14.7. The molecule has 0 aliphatic rings. The standard InChI is InChI=1S/C14H20Br2O4/c1-11(2)14(18)20-9-4-3-8-19-13(17)7-5-6-12(16)10-15/h5,7,12H,1,3-4,6,8-10H2,2H3. The SMILES string of the molecule is C=C(C)C(=O)OCCCCOC(=O)C=CCC(Br)CBr. The third-order valence-corrected chi connectivity index (χ3v) is 4.53. The van der Waals surface area contributed by atoms with E-state index in [4.69, 9.17) is 9.47 Å². The van der Waals surface area contributed by atoms with Gasteiger partial charge in [0.15, 0.2) is 0 Å². The lowest BCUT2D eigenvalue weighted by molar-refractivity contribution is -0.140. The molecule has 0 amide bonds. The van der Waals surface area contributed by atoms with Gasteiger partial charge in [-0.15, -0.1) is 0 Å². The minimum absolute atomic E-state index is 0.314. The van der Waals surface area contributed by atoms with Crippen LogP contribution in [0.2, 0.25) is 0 Å². The second-order valence-corrected chi connectivity index (χ2v) is 6.12. The molecule has 0 aromatic heterocycles. The maximum Gasteiger partial charge on any atom is 0.333 e. The second-order valence-electron chi connectivity index (χ2n) is 4.18. The van der Waals surface area contributed by atoms with E-state index >= 15 is 0 Å². The van der Waals surface area contributed by atoms with Crippen LogP contribution in [0.5, 0.6) is 0 Å². The predicted octanol–water partition coefficient (Wildman–Crippen LogP) is 3.53. The fraction of sp³-hybridized carbons (Fsp3) is 0.571. The summed E-state index contributed by atoms with van der Waals surface area (Å²) in [4.78, 5) is 22.7. The number of halogens is 2. The van der Waals surface area contributed by atoms with Gasteiger partial charge in [-0.25, -0.2) is 9.59 Å². The first-order valence-corrected chi connectivity index (χ1v) is 8.37. The summed E-state index contributed by atoms with van der Waals surface area (Å²) in [5.74, 6) is -0.737. The summed E-state index contributed by atoms with van der Waals surface area (Å²) in [7, 11) is 0. The van der Waals surface area contributed by atoms with Crippen LogP contribution < -0.4 is 0 Å². The third-order valence-electron chi connectivity index (χ3n) is 2.18. The molecule has 0 radical (unpaired) electrons. The number of ether oxygens (including phenoxy) is 2. The molecule has 0 bridgehead atoms. The van der Waals surface area contributed by atoms with Crippen LogP contribution >= 0.6 is 31.9 Å². The molecule has 4 nitrogen and oxygen atoms in total. The first-order chi connectivity index (χ1) is 9.47. The van der Waals surface area contributed by atoms with E-state index in [-0.39, 0.29) is 11.9 Å². The number of carbonyl (C=O) groups is 2. The first-order valence-electron chi connectivity index (χ1n) is 6.33. The Morgan fingerprint density at radius 1 is 1.25 bits per heavy atom. The van der Waals surface area contributed by atoms with Crippen LogP contribution in [0.4, 0.5) is 0 Å². The molecule has 0 aromatic rings. The molecule has 0 aliphatic carbocycles. The number of hydrogen-bond donors (Lipinski definition) is 0. The van der Waals surface area contributed by atoms with Gasteiger partial charge in [0.2, 0.25) is 0 Å². The molecular weight excluding hydrogens is 392 g/mol. The van der Waals surface area contributed by atoms with Crippen molar-refractivity contribution in [1.29, 1.82) is 0 Å². The predicted molar refractivity (Wildman–Crippen MR) is 86.2 cm³/mol. The van der Waals surface area contributed by atoms with Gasteiger partial charge < -0.3 is 9.47 Å². The lowest BCUT2D eigenvalue weighted by atomic mass is 10.3. The number of carbonyl (C=O) groups excluding carboxylic acids is 2. The topological polar surface area (TPSA) is 52.6 Å². The van der Waals surface area contributed by atoms with Crippen LogP contribution in [-0.4, -0.2) is 35.3 Å². The Kier molecular flexibility index (Phi) is 11.8. The lowest BCUT2D eigenvalue weighted by Gasteiger charge is -2.04. The Bertz CT molecular complexity index is 353. The van der Waals surface area contributed by atoms with Gasteiger partial charge in [0.1, 0.15) is 0 Å². The largest absolute Gasteiger partial charge is 0.463 e. The molecule has 0 N–H and O–H groups in total. The summed E-state index contributed by atoms with van der Waals surface area (Å²) < 4.78 is 9.91. The maximum atomic E-state index is 11.3. The van der Waals surface area contributed by atoms with Crippen LogP contribution in [0.25, 0.3) is 0 Å². The normalized spacial score (nSPS) is 12.2. The molecular formula is C14H20Br2O4. The van der Waals surface area contributed by atoms with Crippen LogP contribution in [0.1, 0.15) is 26.2 Å². The Morgan fingerprint density at radius 3 is 2.40 bits per heavy atom. The summed E-state index contributed by atoms with van der Waals surface area (Å²) in [5.41, 5.74) is 0.384. The number of esters is 2. The van der Waals surface area contributed by atoms with Gasteiger partial charge in [0, 0.05) is 21.8 Å². The highest BCUT2D eigenvalue weighted by molar-refractivity contribution is 9.12. The minimum atomic E-state index is -0.388. The van der Waals surface area contributed by atoms with Crippen molar-refractivity contribution >= 4 is 43.8 Å². The van der Waals surface area contributed by atoms with Crippen LogP contribution in [0.15, 0.2) is 24.3 Å². The molecule has 0 rings (SSSR count). The maximum absolute atomic E-state index is 11.3. The van der Waals surface area contributed by atoms with Crippen molar-refractivity contribution in [2.45, 2.75) is 31.0 Å². The highest BCUT2D eigenvalue weighted by atomic mass is 79.9. The summed E-state index contributed by atoms with van der Waals surface area (Å²) >= 11 is 6.76. The zero-order chi connectivity index (χ0) is 15.4. The van der Waals surface area contributed by atoms with Crippen LogP contribution in [0, 0.1) is 0 Å². The van der Waals surface area contributed by atoms with E-state index in [2.05, 4.69) is 38.4 Å². The van der Waals surface area contributed by atoms with E-state index in [0.29, 0.717) is 36.5 Å². The van der Waals surface area contributed by atoms with E-state index < -0.39 is 0 Å². The smallest absolute Gasteiger partial charge is 0.333 e.